The van der Waals surface area contributed by atoms with Gasteiger partial charge in [-0.3, -0.25) is 0 Å². The largest absolute Gasteiger partial charge is 0.338 e. The van der Waals surface area contributed by atoms with Crippen molar-refractivity contribution in [1.29, 1.82) is 0 Å². The molecule has 0 spiro atoms. The molecule has 2 heterocycles. The summed E-state index contributed by atoms with van der Waals surface area (Å²) in [7, 11) is 0. The van der Waals surface area contributed by atoms with Crippen LogP contribution in [0.15, 0.2) is 0 Å². The lowest BCUT2D eigenvalue weighted by atomic mass is 10.00. The van der Waals surface area contributed by atoms with Gasteiger partial charge in [-0.1, -0.05) is 13.8 Å². The topological polar surface area (TPSA) is 35.6 Å². The number of likely N-dealkylation sites (tertiary alicyclic amines) is 2. The normalized spacial score (nSPS) is 26.6. The fraction of sp³-hybridized carbons (Fsp3) is 0.929. The van der Waals surface area contributed by atoms with Gasteiger partial charge in [0.05, 0.1) is 0 Å². The van der Waals surface area contributed by atoms with Gasteiger partial charge in [0, 0.05) is 26.2 Å². The van der Waals surface area contributed by atoms with Crippen LogP contribution in [0.5, 0.6) is 0 Å². The highest BCUT2D eigenvalue weighted by molar-refractivity contribution is 5.74. The highest BCUT2D eigenvalue weighted by Gasteiger charge is 2.24. The lowest BCUT2D eigenvalue weighted by molar-refractivity contribution is 0.172. The van der Waals surface area contributed by atoms with E-state index in [2.05, 4.69) is 24.1 Å². The van der Waals surface area contributed by atoms with Gasteiger partial charge in [0.15, 0.2) is 0 Å². The predicted octanol–water partition coefficient (Wildman–Crippen LogP) is 1.77. The summed E-state index contributed by atoms with van der Waals surface area (Å²) in [5.41, 5.74) is 0. The summed E-state index contributed by atoms with van der Waals surface area (Å²) in [5.74, 6) is 1.43. The van der Waals surface area contributed by atoms with Crippen LogP contribution in [-0.4, -0.2) is 55.1 Å². The van der Waals surface area contributed by atoms with Crippen molar-refractivity contribution < 1.29 is 4.79 Å². The zero-order chi connectivity index (χ0) is 13.0. The van der Waals surface area contributed by atoms with Crippen molar-refractivity contribution >= 4 is 6.03 Å². The molecule has 0 bridgehead atoms. The maximum absolute atomic E-state index is 12.0. The molecule has 2 rings (SSSR count). The first-order chi connectivity index (χ1) is 8.69. The van der Waals surface area contributed by atoms with Crippen molar-refractivity contribution in [2.75, 3.05) is 39.3 Å². The monoisotopic (exact) mass is 253 g/mol. The van der Waals surface area contributed by atoms with Crippen molar-refractivity contribution in [2.45, 2.75) is 33.1 Å². The molecular formula is C14H27N3O. The van der Waals surface area contributed by atoms with Gasteiger partial charge in [0.1, 0.15) is 0 Å². The molecule has 0 aromatic carbocycles. The Hall–Kier alpha value is -0.770. The van der Waals surface area contributed by atoms with Gasteiger partial charge in [-0.25, -0.2) is 4.79 Å². The van der Waals surface area contributed by atoms with Gasteiger partial charge in [0.25, 0.3) is 0 Å². The van der Waals surface area contributed by atoms with E-state index in [0.29, 0.717) is 5.92 Å². The Kier molecular flexibility index (Phi) is 4.87. The van der Waals surface area contributed by atoms with Crippen LogP contribution in [0.3, 0.4) is 0 Å². The summed E-state index contributed by atoms with van der Waals surface area (Å²) < 4.78 is 0. The number of urea groups is 1. The van der Waals surface area contributed by atoms with Crippen LogP contribution in [0.25, 0.3) is 0 Å². The average Bonchev–Trinajstić information content (AvgIpc) is 2.85. The SMILES string of the molecule is CCN1CCC(CNC(=O)N2CCC(C)CC2)C1. The van der Waals surface area contributed by atoms with Crippen LogP contribution in [0, 0.1) is 11.8 Å². The first kappa shape index (κ1) is 13.7. The average molecular weight is 253 g/mol. The number of carbonyl (C=O) groups excluding carboxylic acids is 1. The fourth-order valence-corrected chi connectivity index (χ4v) is 2.92. The number of hydrogen-bond donors (Lipinski definition) is 1. The molecule has 1 unspecified atom stereocenters. The summed E-state index contributed by atoms with van der Waals surface area (Å²) in [6, 6.07) is 0.150. The fourth-order valence-electron chi connectivity index (χ4n) is 2.92. The van der Waals surface area contributed by atoms with Crippen LogP contribution >= 0.6 is 0 Å². The third kappa shape index (κ3) is 3.61. The van der Waals surface area contributed by atoms with Crippen molar-refractivity contribution in [3.63, 3.8) is 0 Å². The Labute approximate surface area is 111 Å². The first-order valence-electron chi connectivity index (χ1n) is 7.44. The number of hydrogen-bond acceptors (Lipinski definition) is 2. The second-order valence-corrected chi connectivity index (χ2v) is 5.90. The molecule has 18 heavy (non-hydrogen) atoms. The molecule has 2 fully saturated rings. The highest BCUT2D eigenvalue weighted by atomic mass is 16.2. The quantitative estimate of drug-likeness (QED) is 0.832. The molecule has 2 aliphatic heterocycles. The molecule has 4 heteroatoms. The molecular weight excluding hydrogens is 226 g/mol. The smallest absolute Gasteiger partial charge is 0.317 e. The second-order valence-electron chi connectivity index (χ2n) is 5.90. The molecule has 4 nitrogen and oxygen atoms in total. The predicted molar refractivity (Wildman–Crippen MR) is 73.6 cm³/mol. The standard InChI is InChI=1S/C14H27N3O/c1-3-16-7-6-13(11-16)10-15-14(18)17-8-4-12(2)5-9-17/h12-13H,3-11H2,1-2H3,(H,15,18). The summed E-state index contributed by atoms with van der Waals surface area (Å²) in [5, 5.41) is 3.11. The van der Waals surface area contributed by atoms with Crippen molar-refractivity contribution in [3.8, 4) is 0 Å². The molecule has 104 valence electrons. The summed E-state index contributed by atoms with van der Waals surface area (Å²) in [6.07, 6.45) is 3.53. The number of piperidine rings is 1. The van der Waals surface area contributed by atoms with E-state index in [-0.39, 0.29) is 6.03 Å². The third-order valence-electron chi connectivity index (χ3n) is 4.43. The molecule has 0 aliphatic carbocycles. The zero-order valence-electron chi connectivity index (χ0n) is 11.8. The molecule has 0 aromatic rings. The lowest BCUT2D eigenvalue weighted by Gasteiger charge is -2.30. The van der Waals surface area contributed by atoms with Gasteiger partial charge in [-0.2, -0.15) is 0 Å². The minimum atomic E-state index is 0.150. The third-order valence-corrected chi connectivity index (χ3v) is 4.43. The summed E-state index contributed by atoms with van der Waals surface area (Å²) >= 11 is 0. The Morgan fingerprint density at radius 3 is 2.56 bits per heavy atom. The molecule has 2 saturated heterocycles. The maximum atomic E-state index is 12.0. The summed E-state index contributed by atoms with van der Waals surface area (Å²) in [6.45, 7) is 10.7. The van der Waals surface area contributed by atoms with Crippen LogP contribution in [0.4, 0.5) is 4.79 Å². The van der Waals surface area contributed by atoms with E-state index in [9.17, 15) is 4.79 Å². The zero-order valence-corrected chi connectivity index (χ0v) is 11.8. The van der Waals surface area contributed by atoms with Gasteiger partial charge in [0.2, 0.25) is 0 Å². The van der Waals surface area contributed by atoms with Gasteiger partial charge >= 0.3 is 6.03 Å². The minimum Gasteiger partial charge on any atom is -0.338 e. The number of rotatable bonds is 3. The summed E-state index contributed by atoms with van der Waals surface area (Å²) in [4.78, 5) is 16.5. The van der Waals surface area contributed by atoms with E-state index in [0.717, 1.165) is 51.5 Å². The number of nitrogens with one attached hydrogen (secondary N) is 1. The Bertz CT molecular complexity index is 274. The molecule has 2 aliphatic rings. The van der Waals surface area contributed by atoms with Crippen LogP contribution in [-0.2, 0) is 0 Å². The number of nitrogens with zero attached hydrogens (tertiary/aromatic N) is 2. The van der Waals surface area contributed by atoms with Crippen LogP contribution in [0.1, 0.15) is 33.1 Å². The molecule has 0 saturated carbocycles. The van der Waals surface area contributed by atoms with E-state index in [1.165, 1.54) is 13.0 Å². The van der Waals surface area contributed by atoms with Crippen molar-refractivity contribution in [2.24, 2.45) is 11.8 Å². The van der Waals surface area contributed by atoms with E-state index < -0.39 is 0 Å². The number of amides is 2. The van der Waals surface area contributed by atoms with E-state index in [1.807, 2.05) is 4.90 Å². The van der Waals surface area contributed by atoms with Crippen LogP contribution in [0.2, 0.25) is 0 Å². The van der Waals surface area contributed by atoms with Crippen molar-refractivity contribution in [3.05, 3.63) is 0 Å². The molecule has 0 radical (unpaired) electrons. The molecule has 1 atom stereocenters. The van der Waals surface area contributed by atoms with E-state index in [4.69, 9.17) is 0 Å². The first-order valence-corrected chi connectivity index (χ1v) is 7.44. The van der Waals surface area contributed by atoms with Gasteiger partial charge in [-0.15, -0.1) is 0 Å². The lowest BCUT2D eigenvalue weighted by Crippen LogP contribution is -2.45. The Balaban J connectivity index is 1.66. The molecule has 0 aromatic heterocycles. The van der Waals surface area contributed by atoms with Gasteiger partial charge in [-0.05, 0) is 44.2 Å². The Morgan fingerprint density at radius 1 is 1.22 bits per heavy atom. The van der Waals surface area contributed by atoms with Gasteiger partial charge < -0.3 is 15.1 Å². The van der Waals surface area contributed by atoms with E-state index >= 15 is 0 Å². The highest BCUT2D eigenvalue weighted by Crippen LogP contribution is 2.17. The number of carbonyl (C=O) groups is 1. The molecule has 1 N–H and O–H groups in total. The second kappa shape index (κ2) is 6.41. The Morgan fingerprint density at radius 2 is 1.94 bits per heavy atom. The van der Waals surface area contributed by atoms with E-state index in [1.54, 1.807) is 0 Å². The molecule has 2 amide bonds. The van der Waals surface area contributed by atoms with Crippen molar-refractivity contribution in [1.82, 2.24) is 15.1 Å². The van der Waals surface area contributed by atoms with Crippen LogP contribution < -0.4 is 5.32 Å². The minimum absolute atomic E-state index is 0.150. The maximum Gasteiger partial charge on any atom is 0.317 e.